The minimum absolute atomic E-state index is 0.525. The van der Waals surface area contributed by atoms with Gasteiger partial charge in [0.1, 0.15) is 0 Å². The fraction of sp³-hybridized carbons (Fsp3) is 0.895. The first kappa shape index (κ1) is 22.1. The molecule has 0 amide bonds. The molecule has 2 atom stereocenters. The fourth-order valence-electron chi connectivity index (χ4n) is 4.83. The number of allylic oxidation sites excluding steroid dienone is 1. The van der Waals surface area contributed by atoms with E-state index in [0.29, 0.717) is 6.04 Å². The van der Waals surface area contributed by atoms with Gasteiger partial charge in [0.2, 0.25) is 0 Å². The van der Waals surface area contributed by atoms with Crippen molar-refractivity contribution < 1.29 is 0 Å². The van der Waals surface area contributed by atoms with Crippen molar-refractivity contribution in [2.75, 3.05) is 0 Å². The van der Waals surface area contributed by atoms with E-state index < -0.39 is 8.07 Å². The zero-order valence-electron chi connectivity index (χ0n) is 17.3. The van der Waals surface area contributed by atoms with Crippen LogP contribution in [0.25, 0.3) is 0 Å². The van der Waals surface area contributed by atoms with E-state index in [0.717, 1.165) is 22.3 Å². The molecule has 0 aromatic carbocycles. The standard InChI is InChI=1S/C19H43NSi2/c1-11-12-19(20-17(9)16(8)18(10)21)22(13(2)3,14(4)5)15(6)7/h13-15,17,19-20H,11-12H2,1-10,21H3. The summed E-state index contributed by atoms with van der Waals surface area (Å²) in [4.78, 5) is 0. The molecule has 132 valence electrons. The highest BCUT2D eigenvalue weighted by atomic mass is 28.3. The number of hydrogen-bond acceptors (Lipinski definition) is 1. The number of hydrogen-bond donors (Lipinski definition) is 1. The van der Waals surface area contributed by atoms with Crippen LogP contribution in [-0.2, 0) is 0 Å². The average molecular weight is 342 g/mol. The van der Waals surface area contributed by atoms with Gasteiger partial charge in [-0.1, -0.05) is 65.7 Å². The molecule has 1 N–H and O–H groups in total. The van der Waals surface area contributed by atoms with Gasteiger partial charge in [0, 0.05) is 21.9 Å². The molecular formula is C19H43NSi2. The predicted octanol–water partition coefficient (Wildman–Crippen LogP) is 5.01. The van der Waals surface area contributed by atoms with E-state index in [9.17, 15) is 0 Å². The van der Waals surface area contributed by atoms with Crippen LogP contribution in [0.4, 0.5) is 0 Å². The van der Waals surface area contributed by atoms with Gasteiger partial charge in [-0.2, -0.15) is 0 Å². The molecule has 22 heavy (non-hydrogen) atoms. The van der Waals surface area contributed by atoms with Gasteiger partial charge in [-0.25, -0.2) is 0 Å². The molecule has 0 saturated heterocycles. The quantitative estimate of drug-likeness (QED) is 0.581. The van der Waals surface area contributed by atoms with Crippen LogP contribution in [0.1, 0.15) is 82.1 Å². The van der Waals surface area contributed by atoms with E-state index in [1.54, 1.807) is 10.8 Å². The highest BCUT2D eigenvalue weighted by molar-refractivity contribution is 6.84. The van der Waals surface area contributed by atoms with Crippen molar-refractivity contribution >= 4 is 18.3 Å². The van der Waals surface area contributed by atoms with E-state index in [4.69, 9.17) is 0 Å². The maximum absolute atomic E-state index is 4.11. The van der Waals surface area contributed by atoms with E-state index in [2.05, 4.69) is 74.6 Å². The molecule has 0 aliphatic rings. The third kappa shape index (κ3) is 4.81. The molecule has 0 aromatic rings. The molecule has 0 bridgehead atoms. The summed E-state index contributed by atoms with van der Waals surface area (Å²) in [7, 11) is -0.260. The molecular weight excluding hydrogens is 298 g/mol. The second-order valence-electron chi connectivity index (χ2n) is 8.38. The lowest BCUT2D eigenvalue weighted by atomic mass is 10.1. The van der Waals surface area contributed by atoms with Gasteiger partial charge in [-0.05, 0) is 43.8 Å². The monoisotopic (exact) mass is 341 g/mol. The molecule has 0 heterocycles. The second kappa shape index (κ2) is 9.43. The maximum Gasteiger partial charge on any atom is 0.0801 e. The summed E-state index contributed by atoms with van der Waals surface area (Å²) in [6, 6.07) is 0.525. The Kier molecular flexibility index (Phi) is 9.49. The highest BCUT2D eigenvalue weighted by Gasteiger charge is 2.48. The van der Waals surface area contributed by atoms with Crippen molar-refractivity contribution in [2.24, 2.45) is 0 Å². The van der Waals surface area contributed by atoms with Crippen LogP contribution in [-0.4, -0.2) is 30.0 Å². The van der Waals surface area contributed by atoms with Crippen molar-refractivity contribution in [3.63, 3.8) is 0 Å². The van der Waals surface area contributed by atoms with E-state index in [1.165, 1.54) is 23.1 Å². The summed E-state index contributed by atoms with van der Waals surface area (Å²) in [5, 5.41) is 5.71. The fourth-order valence-corrected chi connectivity index (χ4v) is 13.0. The summed E-state index contributed by atoms with van der Waals surface area (Å²) >= 11 is 0. The van der Waals surface area contributed by atoms with Crippen LogP contribution in [0.15, 0.2) is 10.8 Å². The zero-order valence-corrected chi connectivity index (χ0v) is 20.3. The van der Waals surface area contributed by atoms with Gasteiger partial charge >= 0.3 is 0 Å². The van der Waals surface area contributed by atoms with Crippen molar-refractivity contribution in [3.05, 3.63) is 10.8 Å². The molecule has 0 radical (unpaired) electrons. The van der Waals surface area contributed by atoms with Crippen molar-refractivity contribution in [3.8, 4) is 0 Å². The van der Waals surface area contributed by atoms with Crippen LogP contribution in [0, 0.1) is 0 Å². The van der Waals surface area contributed by atoms with Crippen LogP contribution in [0.2, 0.25) is 16.6 Å². The summed E-state index contributed by atoms with van der Waals surface area (Å²) < 4.78 is 0. The Bertz CT molecular complexity index is 333. The molecule has 0 rings (SSSR count). The largest absolute Gasteiger partial charge is 0.310 e. The normalized spacial score (nSPS) is 17.3. The Morgan fingerprint density at radius 2 is 1.32 bits per heavy atom. The van der Waals surface area contributed by atoms with Gasteiger partial charge in [0.05, 0.1) is 8.07 Å². The van der Waals surface area contributed by atoms with Crippen LogP contribution < -0.4 is 5.32 Å². The zero-order chi connectivity index (χ0) is 17.7. The summed E-state index contributed by atoms with van der Waals surface area (Å²) in [6.07, 6.45) is 2.62. The summed E-state index contributed by atoms with van der Waals surface area (Å²) in [5.74, 6) is 0. The molecule has 0 aliphatic heterocycles. The molecule has 0 saturated carbocycles. The van der Waals surface area contributed by atoms with Gasteiger partial charge in [-0.15, -0.1) is 0 Å². The minimum atomic E-state index is -1.44. The smallest absolute Gasteiger partial charge is 0.0801 e. The van der Waals surface area contributed by atoms with Crippen molar-refractivity contribution in [1.82, 2.24) is 5.32 Å². The SMILES string of the molecule is CCCC(NC(C)C(C)=C(C)[SiH3])[Si](C(C)C)(C(C)C)C(C)C. The third-order valence-electron chi connectivity index (χ3n) is 6.07. The van der Waals surface area contributed by atoms with Gasteiger partial charge < -0.3 is 5.32 Å². The lowest BCUT2D eigenvalue weighted by molar-refractivity contribution is 0.503. The molecule has 1 nitrogen and oxygen atoms in total. The molecule has 0 spiro atoms. The van der Waals surface area contributed by atoms with Crippen LogP contribution in [0.3, 0.4) is 0 Å². The van der Waals surface area contributed by atoms with E-state index >= 15 is 0 Å². The Morgan fingerprint density at radius 1 is 0.909 bits per heavy atom. The molecule has 3 heteroatoms. The molecule has 0 fully saturated rings. The number of rotatable bonds is 9. The first-order valence-electron chi connectivity index (χ1n) is 9.43. The van der Waals surface area contributed by atoms with Crippen molar-refractivity contribution in [2.45, 2.75) is 110 Å². The Hall–Kier alpha value is 0.134. The Balaban J connectivity index is 5.72. The number of nitrogens with one attached hydrogen (secondary N) is 1. The van der Waals surface area contributed by atoms with Crippen molar-refractivity contribution in [1.29, 1.82) is 0 Å². The van der Waals surface area contributed by atoms with E-state index in [1.807, 2.05) is 0 Å². The topological polar surface area (TPSA) is 12.0 Å². The van der Waals surface area contributed by atoms with Gasteiger partial charge in [-0.3, -0.25) is 0 Å². The molecule has 0 aliphatic carbocycles. The first-order chi connectivity index (χ1) is 10.0. The van der Waals surface area contributed by atoms with Crippen LogP contribution >= 0.6 is 0 Å². The first-order valence-corrected chi connectivity index (χ1v) is 12.7. The lowest BCUT2D eigenvalue weighted by Crippen LogP contribution is -2.62. The molecule has 2 unspecified atom stereocenters. The average Bonchev–Trinajstić information content (AvgIpc) is 2.36. The maximum atomic E-state index is 4.11. The summed E-state index contributed by atoms with van der Waals surface area (Å²) in [5.41, 5.74) is 4.77. The Morgan fingerprint density at radius 3 is 1.59 bits per heavy atom. The third-order valence-corrected chi connectivity index (χ3v) is 14.5. The second-order valence-corrected chi connectivity index (χ2v) is 16.0. The Labute approximate surface area is 145 Å². The van der Waals surface area contributed by atoms with Gasteiger partial charge in [0.25, 0.3) is 0 Å². The van der Waals surface area contributed by atoms with Crippen LogP contribution in [0.5, 0.6) is 0 Å². The highest BCUT2D eigenvalue weighted by Crippen LogP contribution is 2.45. The van der Waals surface area contributed by atoms with E-state index in [-0.39, 0.29) is 0 Å². The predicted molar refractivity (Wildman–Crippen MR) is 111 cm³/mol. The minimum Gasteiger partial charge on any atom is -0.310 e. The molecule has 0 aromatic heterocycles. The summed E-state index contributed by atoms with van der Waals surface area (Å²) in [6.45, 7) is 24.3. The lowest BCUT2D eigenvalue weighted by Gasteiger charge is -2.50. The van der Waals surface area contributed by atoms with Gasteiger partial charge in [0.15, 0.2) is 0 Å².